The molecule has 2 amide bonds. The zero-order valence-corrected chi connectivity index (χ0v) is 43.6. The van der Waals surface area contributed by atoms with Crippen molar-refractivity contribution < 1.29 is 66.0 Å². The van der Waals surface area contributed by atoms with Gasteiger partial charge in [0, 0.05) is 133 Å². The second-order valence-corrected chi connectivity index (χ2v) is 19.4. The van der Waals surface area contributed by atoms with Crippen molar-refractivity contribution in [2.24, 2.45) is 10.8 Å². The minimum atomic E-state index is -0.233. The zero-order valence-electron chi connectivity index (χ0n) is 42.1. The van der Waals surface area contributed by atoms with E-state index in [4.69, 9.17) is 29.9 Å². The molecule has 4 aliphatic heterocycles. The molecule has 2 aromatic rings. The molecule has 0 unspecified atom stereocenters. The van der Waals surface area contributed by atoms with Crippen molar-refractivity contribution in [2.45, 2.75) is 176 Å². The van der Waals surface area contributed by atoms with Crippen LogP contribution in [0.5, 0.6) is 0 Å². The minimum absolute atomic E-state index is 0. The third kappa shape index (κ3) is 23.4. The average Bonchev–Trinajstić information content (AvgIpc) is 4.05. The molecule has 2 aliphatic carbocycles. The fourth-order valence-electron chi connectivity index (χ4n) is 8.85. The van der Waals surface area contributed by atoms with Gasteiger partial charge in [-0.05, 0) is 152 Å². The van der Waals surface area contributed by atoms with Crippen LogP contribution in [0, 0.1) is 10.8 Å². The van der Waals surface area contributed by atoms with E-state index >= 15 is 0 Å². The summed E-state index contributed by atoms with van der Waals surface area (Å²) >= 11 is 0. The van der Waals surface area contributed by atoms with Gasteiger partial charge in [0.2, 0.25) is 0 Å². The Labute approximate surface area is 410 Å². The number of aromatic nitrogens is 4. The maximum Gasteiger partial charge on any atom is 0.409 e. The molecular formula is C48H88N8O9Ti. The van der Waals surface area contributed by atoms with Gasteiger partial charge in [-0.25, -0.2) is 19.6 Å². The zero-order chi connectivity index (χ0) is 48.6. The van der Waals surface area contributed by atoms with E-state index in [-0.39, 0.29) is 63.7 Å². The van der Waals surface area contributed by atoms with Gasteiger partial charge in [0.15, 0.2) is 0 Å². The van der Waals surface area contributed by atoms with Crippen LogP contribution in [-0.4, -0.2) is 169 Å². The van der Waals surface area contributed by atoms with E-state index in [1.807, 2.05) is 36.6 Å². The van der Waals surface area contributed by atoms with Crippen LogP contribution in [0.4, 0.5) is 9.59 Å². The van der Waals surface area contributed by atoms with Crippen LogP contribution in [0.2, 0.25) is 0 Å². The first kappa shape index (κ1) is 61.1. The van der Waals surface area contributed by atoms with Crippen LogP contribution in [0.1, 0.15) is 157 Å². The predicted molar refractivity (Wildman–Crippen MR) is 254 cm³/mol. The van der Waals surface area contributed by atoms with Gasteiger partial charge in [-0.15, -0.1) is 0 Å². The number of aliphatic hydroxyl groups is 4. The number of imidazole rings is 2. The van der Waals surface area contributed by atoms with Crippen molar-refractivity contribution >= 4 is 18.0 Å². The molecule has 8 rings (SSSR count). The number of carbonyl (C=O) groups is 3. The summed E-state index contributed by atoms with van der Waals surface area (Å²) < 4.78 is 10.1. The Balaban J connectivity index is 0.000000443. The molecule has 0 aromatic carbocycles. The Morgan fingerprint density at radius 1 is 0.667 bits per heavy atom. The van der Waals surface area contributed by atoms with E-state index in [9.17, 15) is 14.4 Å². The van der Waals surface area contributed by atoms with Crippen molar-refractivity contribution in [3.05, 3.63) is 36.4 Å². The monoisotopic (exact) mass is 969 g/mol. The molecule has 66 heavy (non-hydrogen) atoms. The number of aliphatic hydroxyl groups excluding tert-OH is 4. The number of ketones is 1. The Bertz CT molecular complexity index is 1520. The predicted octanol–water partition coefficient (Wildman–Crippen LogP) is 6.22. The number of likely N-dealkylation sites (tertiary alicyclic amines) is 3. The summed E-state index contributed by atoms with van der Waals surface area (Å²) in [6.45, 7) is 26.2. The molecule has 0 radical (unpaired) electrons. The van der Waals surface area contributed by atoms with Crippen molar-refractivity contribution in [3.63, 3.8) is 0 Å². The maximum atomic E-state index is 11.9. The minimum Gasteiger partial charge on any atom is -0.450 e. The molecule has 0 atom stereocenters. The Kier molecular flexibility index (Phi) is 29.6. The number of Topliss-reactive ketones (excluding diaryl/α,β-unsaturated/α-hetero) is 1. The van der Waals surface area contributed by atoms with Crippen molar-refractivity contribution in [2.75, 3.05) is 65.6 Å². The summed E-state index contributed by atoms with van der Waals surface area (Å²) in [5, 5.41) is 35.6. The van der Waals surface area contributed by atoms with Gasteiger partial charge in [0.25, 0.3) is 0 Å². The number of ether oxygens (including phenoxy) is 2. The van der Waals surface area contributed by atoms with Crippen LogP contribution < -0.4 is 5.32 Å². The number of nitrogens with one attached hydrogen (secondary N) is 3. The molecule has 6 heterocycles. The summed E-state index contributed by atoms with van der Waals surface area (Å²) in [6.07, 6.45) is 17.2. The largest absolute Gasteiger partial charge is 0.450 e. The average molecular weight is 969 g/mol. The smallest absolute Gasteiger partial charge is 0.409 e. The Morgan fingerprint density at radius 3 is 1.41 bits per heavy atom. The Hall–Kier alpha value is -2.90. The molecule has 7 N–H and O–H groups in total. The van der Waals surface area contributed by atoms with E-state index in [0.29, 0.717) is 61.7 Å². The molecule has 18 heteroatoms. The molecule has 2 aromatic heterocycles. The van der Waals surface area contributed by atoms with Crippen LogP contribution >= 0.6 is 0 Å². The number of aromatic amines is 2. The molecule has 0 bridgehead atoms. The van der Waals surface area contributed by atoms with Gasteiger partial charge >= 0.3 is 12.2 Å². The number of hydrogen-bond donors (Lipinski definition) is 7. The Morgan fingerprint density at radius 2 is 1.05 bits per heavy atom. The van der Waals surface area contributed by atoms with Crippen LogP contribution in [-0.2, 0) is 36.0 Å². The fraction of sp³-hybridized carbons (Fsp3) is 0.812. The number of hydrogen-bond acceptors (Lipinski definition) is 13. The summed E-state index contributed by atoms with van der Waals surface area (Å²) in [5.41, 5.74) is 0.485. The van der Waals surface area contributed by atoms with Crippen LogP contribution in [0.25, 0.3) is 0 Å². The molecule has 378 valence electrons. The fourth-order valence-corrected chi connectivity index (χ4v) is 8.85. The first-order chi connectivity index (χ1) is 30.7. The number of carbonyl (C=O) groups excluding carboxylic acids is 3. The number of H-pyrrole nitrogens is 2. The van der Waals surface area contributed by atoms with Gasteiger partial charge in [-0.1, -0.05) is 0 Å². The maximum absolute atomic E-state index is 11.9. The van der Waals surface area contributed by atoms with E-state index in [1.54, 1.807) is 67.2 Å². The van der Waals surface area contributed by atoms with Gasteiger partial charge in [-0.2, -0.15) is 0 Å². The normalized spacial score (nSPS) is 22.0. The van der Waals surface area contributed by atoms with E-state index in [1.165, 1.54) is 51.6 Å². The van der Waals surface area contributed by atoms with Gasteiger partial charge in [0.1, 0.15) is 17.4 Å². The van der Waals surface area contributed by atoms with Crippen molar-refractivity contribution in [1.82, 2.24) is 40.0 Å². The standard InChI is InChI=1S/C18H28N4O2.C10H15NO3.C8H13N3.4C3H8O.Ti/c1-2-24-17(23)22-10-5-18(13-22)11-15(12-18)21-8-3-14(4-9-21)16-19-6-7-20-16;1-2-14-9(13)11-4-3-10(7-11)5-8(12)6-10;1-3-9-4-2-7(1)8-10-5-6-11-8;4*1-3(2)4;/h6-7,14-15H,2-5,8-13H2,1H3,(H,19,20);2-7H2,1H3;5-7,9H,1-4H2,(H,10,11);4*3-4H,1-2H3;. The molecule has 17 nitrogen and oxygen atoms in total. The third-order valence-corrected chi connectivity index (χ3v) is 11.6. The van der Waals surface area contributed by atoms with Crippen molar-refractivity contribution in [1.29, 1.82) is 0 Å². The number of rotatable bonds is 5. The van der Waals surface area contributed by atoms with Crippen molar-refractivity contribution in [3.8, 4) is 0 Å². The van der Waals surface area contributed by atoms with E-state index in [2.05, 4.69) is 30.2 Å². The third-order valence-electron chi connectivity index (χ3n) is 11.6. The number of piperidine rings is 2. The summed E-state index contributed by atoms with van der Waals surface area (Å²) in [7, 11) is 0. The molecule has 6 fully saturated rings. The molecule has 6 aliphatic rings. The number of nitrogens with zero attached hydrogens (tertiary/aromatic N) is 5. The summed E-state index contributed by atoms with van der Waals surface area (Å²) in [6, 6.07) is 0.713. The van der Waals surface area contributed by atoms with E-state index in [0.717, 1.165) is 57.2 Å². The summed E-state index contributed by atoms with van der Waals surface area (Å²) in [4.78, 5) is 55.6. The molecule has 4 saturated heterocycles. The quantitative estimate of drug-likeness (QED) is 0.165. The molecule has 2 saturated carbocycles. The molecule has 2 spiro atoms. The van der Waals surface area contributed by atoms with Gasteiger partial charge in [0.05, 0.1) is 13.2 Å². The van der Waals surface area contributed by atoms with Crippen LogP contribution in [0.3, 0.4) is 0 Å². The second-order valence-electron chi connectivity index (χ2n) is 19.4. The number of amides is 2. The molecular weight excluding hydrogens is 880 g/mol. The van der Waals surface area contributed by atoms with Crippen LogP contribution in [0.15, 0.2) is 24.8 Å². The van der Waals surface area contributed by atoms with E-state index < -0.39 is 0 Å². The topological polar surface area (TPSA) is 230 Å². The SMILES string of the molecule is CC(C)O.CC(C)O.CC(C)O.CC(C)O.CCOC(=O)N1CCC2(CC(=O)C2)C1.CCOC(=O)N1CCC2(CC(N3CCC(c4ncc[nH]4)CC3)C2)C1.[Ti].c1c[nH]c(C2CCNCC2)n1. The first-order valence-corrected chi connectivity index (χ1v) is 24.2. The second kappa shape index (κ2) is 32.0. The first-order valence-electron chi connectivity index (χ1n) is 24.2. The summed E-state index contributed by atoms with van der Waals surface area (Å²) in [5.74, 6) is 3.89. The van der Waals surface area contributed by atoms with Gasteiger partial charge in [-0.3, -0.25) is 4.79 Å². The van der Waals surface area contributed by atoms with Gasteiger partial charge < -0.3 is 59.9 Å².